The minimum absolute atomic E-state index is 0.261. The Morgan fingerprint density at radius 2 is 1.97 bits per heavy atom. The second-order valence-corrected chi connectivity index (χ2v) is 8.24. The molecule has 1 aliphatic rings. The molecule has 1 saturated heterocycles. The zero-order chi connectivity index (χ0) is 22.3. The van der Waals surface area contributed by atoms with Crippen molar-refractivity contribution in [1.29, 1.82) is 0 Å². The Labute approximate surface area is 189 Å². The van der Waals surface area contributed by atoms with Gasteiger partial charge in [0.1, 0.15) is 5.82 Å². The predicted octanol–water partition coefficient (Wildman–Crippen LogP) is 3.22. The molecule has 3 aromatic rings. The summed E-state index contributed by atoms with van der Waals surface area (Å²) in [6.45, 7) is 6.04. The van der Waals surface area contributed by atoms with Gasteiger partial charge in [-0.05, 0) is 43.0 Å². The molecule has 4 rings (SSSR count). The Bertz CT molecular complexity index is 1100. The summed E-state index contributed by atoms with van der Waals surface area (Å²) in [5.41, 5.74) is 4.58. The lowest BCUT2D eigenvalue weighted by Gasteiger charge is -2.16. The molecule has 2 aromatic carbocycles. The van der Waals surface area contributed by atoms with Crippen LogP contribution in [0, 0.1) is 6.92 Å². The maximum atomic E-state index is 11.9. The lowest BCUT2D eigenvalue weighted by Crippen LogP contribution is -2.37. The zero-order valence-corrected chi connectivity index (χ0v) is 19.0. The van der Waals surface area contributed by atoms with Gasteiger partial charge < -0.3 is 20.1 Å². The fourth-order valence-corrected chi connectivity index (χ4v) is 4.26. The number of carbonyl (C=O) groups is 1. The summed E-state index contributed by atoms with van der Waals surface area (Å²) in [7, 11) is 1.79. The van der Waals surface area contributed by atoms with Crippen LogP contribution in [0.5, 0.6) is 0 Å². The molecule has 7 nitrogen and oxygen atoms in total. The van der Waals surface area contributed by atoms with E-state index >= 15 is 0 Å². The number of imidazole rings is 1. The number of aliphatic imine (C=N–C) groups is 1. The Morgan fingerprint density at radius 1 is 1.12 bits per heavy atom. The van der Waals surface area contributed by atoms with Crippen LogP contribution in [0.2, 0.25) is 0 Å². The van der Waals surface area contributed by atoms with Crippen molar-refractivity contribution in [2.75, 3.05) is 20.1 Å². The molecule has 168 valence electrons. The van der Waals surface area contributed by atoms with Crippen molar-refractivity contribution in [2.24, 2.45) is 4.99 Å². The monoisotopic (exact) mass is 432 g/mol. The van der Waals surface area contributed by atoms with Gasteiger partial charge in [-0.1, -0.05) is 36.4 Å². The molecule has 32 heavy (non-hydrogen) atoms. The van der Waals surface area contributed by atoms with Crippen molar-refractivity contribution in [3.8, 4) is 0 Å². The third-order valence-corrected chi connectivity index (χ3v) is 5.92. The van der Waals surface area contributed by atoms with Gasteiger partial charge in [0.15, 0.2) is 5.96 Å². The Kier molecular flexibility index (Phi) is 7.04. The van der Waals surface area contributed by atoms with E-state index in [1.54, 1.807) is 7.05 Å². The van der Waals surface area contributed by atoms with E-state index in [0.717, 1.165) is 49.8 Å². The molecule has 2 heterocycles. The summed E-state index contributed by atoms with van der Waals surface area (Å²) in [5, 5.41) is 6.79. The van der Waals surface area contributed by atoms with Crippen molar-refractivity contribution in [1.82, 2.24) is 25.1 Å². The van der Waals surface area contributed by atoms with Crippen LogP contribution in [0.15, 0.2) is 53.5 Å². The number of aromatic nitrogens is 2. The summed E-state index contributed by atoms with van der Waals surface area (Å²) < 4.78 is 2.27. The first-order valence-electron chi connectivity index (χ1n) is 11.4. The van der Waals surface area contributed by atoms with E-state index in [-0.39, 0.29) is 5.91 Å². The quantitative estimate of drug-likeness (QED) is 0.326. The number of hydrogen-bond donors (Lipinski definition) is 2. The molecule has 0 saturated carbocycles. The number of nitrogens with one attached hydrogen (secondary N) is 2. The van der Waals surface area contributed by atoms with Crippen molar-refractivity contribution in [3.63, 3.8) is 0 Å². The lowest BCUT2D eigenvalue weighted by molar-refractivity contribution is -0.128. The number of hydrogen-bond acceptors (Lipinski definition) is 3. The fourth-order valence-electron chi connectivity index (χ4n) is 4.26. The topological polar surface area (TPSA) is 74.6 Å². The van der Waals surface area contributed by atoms with Crippen molar-refractivity contribution < 1.29 is 4.79 Å². The smallest absolute Gasteiger partial charge is 0.222 e. The molecule has 1 aromatic heterocycles. The van der Waals surface area contributed by atoms with Gasteiger partial charge in [-0.25, -0.2) is 4.98 Å². The highest BCUT2D eigenvalue weighted by Crippen LogP contribution is 2.16. The van der Waals surface area contributed by atoms with Crippen LogP contribution < -0.4 is 10.6 Å². The van der Waals surface area contributed by atoms with Gasteiger partial charge in [0, 0.05) is 46.2 Å². The largest absolute Gasteiger partial charge is 0.356 e. The molecule has 0 aliphatic carbocycles. The van der Waals surface area contributed by atoms with E-state index in [9.17, 15) is 4.79 Å². The first-order chi connectivity index (χ1) is 15.6. The third-order valence-electron chi connectivity index (χ3n) is 5.92. The van der Waals surface area contributed by atoms with Gasteiger partial charge in [0.2, 0.25) is 5.91 Å². The van der Waals surface area contributed by atoms with Crippen LogP contribution in [0.3, 0.4) is 0 Å². The van der Waals surface area contributed by atoms with Gasteiger partial charge in [0.25, 0.3) is 0 Å². The minimum atomic E-state index is 0.261. The van der Waals surface area contributed by atoms with Gasteiger partial charge in [-0.2, -0.15) is 0 Å². The number of aryl methyl sites for hydroxylation is 2. The van der Waals surface area contributed by atoms with Gasteiger partial charge in [-0.15, -0.1) is 0 Å². The standard InChI is InChI=1S/C25H32N6O/c1-19-29-22-10-3-4-11-23(22)31(19)15-7-13-27-25(26-2)28-17-20-8-5-9-21(16-20)18-30-14-6-12-24(30)32/h3-5,8-11,16H,6-7,12-15,17-18H2,1-2H3,(H2,26,27,28). The Morgan fingerprint density at radius 3 is 2.78 bits per heavy atom. The van der Waals surface area contributed by atoms with Crippen molar-refractivity contribution >= 4 is 22.9 Å². The minimum Gasteiger partial charge on any atom is -0.356 e. The number of benzene rings is 2. The average Bonchev–Trinajstić information content (AvgIpc) is 3.35. The van der Waals surface area contributed by atoms with E-state index in [1.807, 2.05) is 11.0 Å². The zero-order valence-electron chi connectivity index (χ0n) is 19.0. The van der Waals surface area contributed by atoms with Crippen LogP contribution in [-0.2, 0) is 24.4 Å². The number of amides is 1. The molecular weight excluding hydrogens is 400 g/mol. The normalized spacial score (nSPS) is 14.4. The van der Waals surface area contributed by atoms with Crippen LogP contribution in [-0.4, -0.2) is 46.5 Å². The number of rotatable bonds is 8. The van der Waals surface area contributed by atoms with Crippen molar-refractivity contribution in [3.05, 3.63) is 65.5 Å². The summed E-state index contributed by atoms with van der Waals surface area (Å²) >= 11 is 0. The second-order valence-electron chi connectivity index (χ2n) is 8.24. The predicted molar refractivity (Wildman–Crippen MR) is 128 cm³/mol. The van der Waals surface area contributed by atoms with E-state index in [1.165, 1.54) is 16.6 Å². The first kappa shape index (κ1) is 21.9. The number of para-hydroxylation sites is 2. The van der Waals surface area contributed by atoms with Crippen LogP contribution >= 0.6 is 0 Å². The SMILES string of the molecule is CN=C(NCCCn1c(C)nc2ccccc21)NCc1cccc(CN2CCCC2=O)c1. The fraction of sp³-hybridized carbons (Fsp3) is 0.400. The molecule has 0 atom stereocenters. The first-order valence-corrected chi connectivity index (χ1v) is 11.4. The maximum absolute atomic E-state index is 11.9. The van der Waals surface area contributed by atoms with E-state index < -0.39 is 0 Å². The maximum Gasteiger partial charge on any atom is 0.222 e. The number of nitrogens with zero attached hydrogens (tertiary/aromatic N) is 4. The molecule has 1 aliphatic heterocycles. The van der Waals surface area contributed by atoms with Crippen LogP contribution in [0.25, 0.3) is 11.0 Å². The molecule has 1 fully saturated rings. The molecule has 2 N–H and O–H groups in total. The van der Waals surface area contributed by atoms with Crippen LogP contribution in [0.1, 0.15) is 36.2 Å². The third kappa shape index (κ3) is 5.28. The van der Waals surface area contributed by atoms with Gasteiger partial charge >= 0.3 is 0 Å². The molecule has 0 radical (unpaired) electrons. The van der Waals surface area contributed by atoms with Crippen LogP contribution in [0.4, 0.5) is 0 Å². The highest BCUT2D eigenvalue weighted by molar-refractivity contribution is 5.79. The summed E-state index contributed by atoms with van der Waals surface area (Å²) in [4.78, 5) is 22.8. The number of carbonyl (C=O) groups excluding carboxylic acids is 1. The average molecular weight is 433 g/mol. The van der Waals surface area contributed by atoms with Gasteiger partial charge in [-0.3, -0.25) is 9.79 Å². The summed E-state index contributed by atoms with van der Waals surface area (Å²) in [5.74, 6) is 2.10. The lowest BCUT2D eigenvalue weighted by atomic mass is 10.1. The Hall–Kier alpha value is -3.35. The molecule has 0 unspecified atom stereocenters. The molecule has 7 heteroatoms. The number of guanidine groups is 1. The second kappa shape index (κ2) is 10.3. The van der Waals surface area contributed by atoms with E-state index in [4.69, 9.17) is 0 Å². The summed E-state index contributed by atoms with van der Waals surface area (Å²) in [6.07, 6.45) is 2.62. The highest BCUT2D eigenvalue weighted by Gasteiger charge is 2.19. The summed E-state index contributed by atoms with van der Waals surface area (Å²) in [6, 6.07) is 16.7. The molecule has 0 spiro atoms. The van der Waals surface area contributed by atoms with E-state index in [2.05, 4.69) is 74.6 Å². The molecule has 1 amide bonds. The van der Waals surface area contributed by atoms with E-state index in [0.29, 0.717) is 19.5 Å². The van der Waals surface area contributed by atoms with Crippen molar-refractivity contribution in [2.45, 2.75) is 45.8 Å². The molecular formula is C25H32N6O. The Balaban J connectivity index is 1.24. The number of fused-ring (bicyclic) bond motifs is 1. The highest BCUT2D eigenvalue weighted by atomic mass is 16.2. The molecule has 0 bridgehead atoms. The van der Waals surface area contributed by atoms with Gasteiger partial charge in [0.05, 0.1) is 11.0 Å². The number of likely N-dealkylation sites (tertiary alicyclic amines) is 1.